The number of hydrogen-bond donors (Lipinski definition) is 2. The van der Waals surface area contributed by atoms with Crippen LogP contribution in [0.4, 0.5) is 10.2 Å². The van der Waals surface area contributed by atoms with Gasteiger partial charge in [0, 0.05) is 12.0 Å². The van der Waals surface area contributed by atoms with E-state index in [1.54, 1.807) is 6.07 Å². The molecule has 0 radical (unpaired) electrons. The van der Waals surface area contributed by atoms with E-state index >= 15 is 0 Å². The Balaban J connectivity index is 1.80. The maximum absolute atomic E-state index is 13.4. The van der Waals surface area contributed by atoms with Crippen LogP contribution in [0.25, 0.3) is 0 Å². The lowest BCUT2D eigenvalue weighted by molar-refractivity contribution is 0.100. The van der Waals surface area contributed by atoms with Crippen LogP contribution in [0.2, 0.25) is 5.15 Å². The number of hydrogen-bond acceptors (Lipinski definition) is 4. The third-order valence-electron chi connectivity index (χ3n) is 3.91. The molecule has 1 aliphatic rings. The molecule has 1 aromatic heterocycles. The van der Waals surface area contributed by atoms with Crippen LogP contribution < -0.4 is 11.1 Å². The monoisotopic (exact) mass is 320 g/mol. The second-order valence-corrected chi connectivity index (χ2v) is 5.83. The van der Waals surface area contributed by atoms with Gasteiger partial charge in [0.2, 0.25) is 0 Å². The van der Waals surface area contributed by atoms with Crippen molar-refractivity contribution in [2.75, 3.05) is 11.9 Å². The van der Waals surface area contributed by atoms with Crippen LogP contribution in [0.1, 0.15) is 28.8 Å². The highest BCUT2D eigenvalue weighted by Crippen LogP contribution is 2.48. The summed E-state index contributed by atoms with van der Waals surface area (Å²) in [7, 11) is 0. The third-order valence-corrected chi connectivity index (χ3v) is 4.10. The van der Waals surface area contributed by atoms with Gasteiger partial charge >= 0.3 is 0 Å². The molecule has 1 fully saturated rings. The Kier molecular flexibility index (Phi) is 3.70. The summed E-state index contributed by atoms with van der Waals surface area (Å²) in [5.74, 6) is -0.595. The molecule has 0 aliphatic heterocycles. The zero-order valence-electron chi connectivity index (χ0n) is 11.6. The first-order valence-electron chi connectivity index (χ1n) is 6.83. The maximum Gasteiger partial charge on any atom is 0.252 e. The number of halogens is 2. The van der Waals surface area contributed by atoms with Crippen LogP contribution in [0.15, 0.2) is 30.3 Å². The fraction of sp³-hybridized carbons (Fsp3) is 0.267. The largest absolute Gasteiger partial charge is 0.367 e. The first kappa shape index (κ1) is 14.7. The highest BCUT2D eigenvalue weighted by molar-refractivity contribution is 6.29. The average Bonchev–Trinajstić information content (AvgIpc) is 3.27. The molecular formula is C15H14ClFN4O. The number of benzene rings is 1. The van der Waals surface area contributed by atoms with Crippen LogP contribution in [0, 0.1) is 5.82 Å². The number of anilines is 1. The van der Waals surface area contributed by atoms with Crippen molar-refractivity contribution < 1.29 is 9.18 Å². The van der Waals surface area contributed by atoms with Crippen molar-refractivity contribution in [3.05, 3.63) is 52.4 Å². The molecule has 1 amide bonds. The van der Waals surface area contributed by atoms with Gasteiger partial charge in [-0.1, -0.05) is 23.7 Å². The van der Waals surface area contributed by atoms with Crippen LogP contribution in [-0.2, 0) is 5.41 Å². The van der Waals surface area contributed by atoms with Gasteiger partial charge in [0.25, 0.3) is 5.91 Å². The molecule has 114 valence electrons. The first-order chi connectivity index (χ1) is 10.5. The van der Waals surface area contributed by atoms with Crippen molar-refractivity contribution in [2.24, 2.45) is 5.73 Å². The third kappa shape index (κ3) is 2.87. The Morgan fingerprint density at radius 1 is 1.36 bits per heavy atom. The standard InChI is InChI=1S/C15H14ClFN4O/c16-12-7-11(13(18)22)14(21-20-12)19-8-15(4-5-15)9-2-1-3-10(17)6-9/h1-3,6-7H,4-5,8H2,(H2,18,22)(H,19,21). The predicted molar refractivity (Wildman–Crippen MR) is 81.4 cm³/mol. The molecule has 1 saturated carbocycles. The van der Waals surface area contributed by atoms with Crippen molar-refractivity contribution in [1.29, 1.82) is 0 Å². The lowest BCUT2D eigenvalue weighted by Gasteiger charge is -2.17. The molecular weight excluding hydrogens is 307 g/mol. The van der Waals surface area contributed by atoms with Gasteiger partial charge in [-0.2, -0.15) is 0 Å². The Morgan fingerprint density at radius 3 is 2.77 bits per heavy atom. The van der Waals surface area contributed by atoms with E-state index in [-0.39, 0.29) is 21.9 Å². The molecule has 0 unspecified atom stereocenters. The summed E-state index contributed by atoms with van der Waals surface area (Å²) < 4.78 is 13.4. The SMILES string of the molecule is NC(=O)c1cc(Cl)nnc1NCC1(c2cccc(F)c2)CC1. The van der Waals surface area contributed by atoms with Gasteiger partial charge in [-0.25, -0.2) is 4.39 Å². The molecule has 22 heavy (non-hydrogen) atoms. The molecule has 1 heterocycles. The lowest BCUT2D eigenvalue weighted by Crippen LogP contribution is -2.23. The van der Waals surface area contributed by atoms with E-state index in [2.05, 4.69) is 15.5 Å². The Labute approximate surface area is 131 Å². The van der Waals surface area contributed by atoms with Crippen molar-refractivity contribution in [1.82, 2.24) is 10.2 Å². The molecule has 1 aromatic carbocycles. The zero-order valence-corrected chi connectivity index (χ0v) is 12.4. The number of primary amides is 1. The van der Waals surface area contributed by atoms with E-state index in [9.17, 15) is 9.18 Å². The molecule has 0 saturated heterocycles. The van der Waals surface area contributed by atoms with E-state index in [0.29, 0.717) is 12.4 Å². The van der Waals surface area contributed by atoms with E-state index in [1.165, 1.54) is 18.2 Å². The number of nitrogens with two attached hydrogens (primary N) is 1. The van der Waals surface area contributed by atoms with Gasteiger partial charge < -0.3 is 11.1 Å². The summed E-state index contributed by atoms with van der Waals surface area (Å²) in [4.78, 5) is 11.4. The molecule has 0 spiro atoms. The number of aromatic nitrogens is 2. The fourth-order valence-electron chi connectivity index (χ4n) is 2.48. The number of nitrogens with one attached hydrogen (secondary N) is 1. The van der Waals surface area contributed by atoms with Gasteiger partial charge in [-0.05, 0) is 36.6 Å². The Morgan fingerprint density at radius 2 is 2.14 bits per heavy atom. The Hall–Kier alpha value is -2.21. The molecule has 3 rings (SSSR count). The normalized spacial score (nSPS) is 15.4. The minimum Gasteiger partial charge on any atom is -0.367 e. The Bertz CT molecular complexity index is 733. The predicted octanol–water partition coefficient (Wildman–Crippen LogP) is 2.51. The van der Waals surface area contributed by atoms with Gasteiger partial charge in [0.15, 0.2) is 11.0 Å². The lowest BCUT2D eigenvalue weighted by atomic mass is 9.96. The molecule has 0 bridgehead atoms. The van der Waals surface area contributed by atoms with Gasteiger partial charge in [-0.3, -0.25) is 4.79 Å². The van der Waals surface area contributed by atoms with Gasteiger partial charge in [0.05, 0.1) is 5.56 Å². The highest BCUT2D eigenvalue weighted by Gasteiger charge is 2.44. The molecule has 7 heteroatoms. The molecule has 2 aromatic rings. The zero-order chi connectivity index (χ0) is 15.7. The summed E-state index contributed by atoms with van der Waals surface area (Å²) in [6.07, 6.45) is 1.88. The number of nitrogens with zero attached hydrogens (tertiary/aromatic N) is 2. The second-order valence-electron chi connectivity index (χ2n) is 5.44. The van der Waals surface area contributed by atoms with E-state index < -0.39 is 5.91 Å². The maximum atomic E-state index is 13.4. The first-order valence-corrected chi connectivity index (χ1v) is 7.21. The molecule has 5 nitrogen and oxygen atoms in total. The van der Waals surface area contributed by atoms with Crippen LogP contribution in [0.5, 0.6) is 0 Å². The van der Waals surface area contributed by atoms with Gasteiger partial charge in [0.1, 0.15) is 5.82 Å². The van der Waals surface area contributed by atoms with E-state index in [1.807, 2.05) is 6.07 Å². The van der Waals surface area contributed by atoms with Crippen molar-refractivity contribution in [2.45, 2.75) is 18.3 Å². The van der Waals surface area contributed by atoms with Gasteiger partial charge in [-0.15, -0.1) is 10.2 Å². The molecule has 1 aliphatic carbocycles. The summed E-state index contributed by atoms with van der Waals surface area (Å²) in [6, 6.07) is 7.93. The highest BCUT2D eigenvalue weighted by atomic mass is 35.5. The smallest absolute Gasteiger partial charge is 0.252 e. The minimum absolute atomic E-state index is 0.102. The van der Waals surface area contributed by atoms with Crippen molar-refractivity contribution in [3.8, 4) is 0 Å². The van der Waals surface area contributed by atoms with Crippen LogP contribution in [0.3, 0.4) is 0 Å². The van der Waals surface area contributed by atoms with E-state index in [0.717, 1.165) is 18.4 Å². The minimum atomic E-state index is -0.630. The summed E-state index contributed by atoms with van der Waals surface area (Å²) in [6.45, 7) is 0.521. The van der Waals surface area contributed by atoms with Crippen LogP contribution >= 0.6 is 11.6 Å². The number of amides is 1. The molecule has 3 N–H and O–H groups in total. The quantitative estimate of drug-likeness (QED) is 0.887. The molecule has 0 atom stereocenters. The average molecular weight is 321 g/mol. The van der Waals surface area contributed by atoms with Crippen LogP contribution in [-0.4, -0.2) is 22.6 Å². The van der Waals surface area contributed by atoms with Crippen molar-refractivity contribution >= 4 is 23.3 Å². The summed E-state index contributed by atoms with van der Waals surface area (Å²) >= 11 is 5.73. The summed E-state index contributed by atoms with van der Waals surface area (Å²) in [5, 5.41) is 10.8. The summed E-state index contributed by atoms with van der Waals surface area (Å²) in [5.41, 5.74) is 6.30. The number of rotatable bonds is 5. The van der Waals surface area contributed by atoms with Crippen molar-refractivity contribution in [3.63, 3.8) is 0 Å². The topological polar surface area (TPSA) is 80.9 Å². The number of carbonyl (C=O) groups excluding carboxylic acids is 1. The number of carbonyl (C=O) groups is 1. The second kappa shape index (κ2) is 5.53. The fourth-order valence-corrected chi connectivity index (χ4v) is 2.62. The van der Waals surface area contributed by atoms with E-state index in [4.69, 9.17) is 17.3 Å².